The number of benzene rings is 2. The SMILES string of the molecule is O=c1c(O)c(-c2ccc(O)c(O)c2)oc2cc(O)cc(O)c12.[Ac].[Ac].[Ac].[Ac].[Ac]. The predicted molar refractivity (Wildman–Crippen MR) is 76.2 cm³/mol. The number of hydrogen-bond donors (Lipinski definition) is 5. The Morgan fingerprint density at radius 2 is 1.30 bits per heavy atom. The minimum atomic E-state index is -0.888. The van der Waals surface area contributed by atoms with Gasteiger partial charge in [-0.2, -0.15) is 0 Å². The van der Waals surface area contributed by atoms with Crippen LogP contribution in [0.25, 0.3) is 22.3 Å². The maximum Gasteiger partial charge on any atom is 0.238 e. The van der Waals surface area contributed by atoms with Crippen molar-refractivity contribution in [1.82, 2.24) is 0 Å². The summed E-state index contributed by atoms with van der Waals surface area (Å²) in [6.45, 7) is 0. The predicted octanol–water partition coefficient (Wildman–Crippen LogP) is 1.99. The molecule has 0 aliphatic carbocycles. The van der Waals surface area contributed by atoms with Gasteiger partial charge in [-0.05, 0) is 18.2 Å². The van der Waals surface area contributed by atoms with Crippen molar-refractivity contribution in [2.75, 3.05) is 0 Å². The van der Waals surface area contributed by atoms with E-state index in [1.807, 2.05) is 0 Å². The Balaban J connectivity index is -0.00000115. The van der Waals surface area contributed by atoms with Crippen molar-refractivity contribution in [3.63, 3.8) is 0 Å². The first-order chi connectivity index (χ1) is 10.4. The molecule has 12 heteroatoms. The maximum absolute atomic E-state index is 12.1. The smallest absolute Gasteiger partial charge is 0.238 e. The molecule has 127 valence electrons. The van der Waals surface area contributed by atoms with Gasteiger partial charge in [0.05, 0.1) is 0 Å². The average Bonchev–Trinajstić information content (AvgIpc) is 2.45. The van der Waals surface area contributed by atoms with Gasteiger partial charge in [0.2, 0.25) is 11.2 Å². The molecule has 0 atom stereocenters. The van der Waals surface area contributed by atoms with Gasteiger partial charge < -0.3 is 29.9 Å². The van der Waals surface area contributed by atoms with E-state index in [0.29, 0.717) is 0 Å². The molecule has 3 aromatic rings. The summed E-state index contributed by atoms with van der Waals surface area (Å²) in [6.07, 6.45) is 0. The fourth-order valence-electron chi connectivity index (χ4n) is 2.14. The van der Waals surface area contributed by atoms with E-state index < -0.39 is 22.7 Å². The van der Waals surface area contributed by atoms with E-state index in [0.717, 1.165) is 24.3 Å². The zero-order chi connectivity index (χ0) is 16.0. The first kappa shape index (κ1) is 35.4. The van der Waals surface area contributed by atoms with Crippen LogP contribution in [0.15, 0.2) is 39.5 Å². The van der Waals surface area contributed by atoms with E-state index in [9.17, 15) is 30.3 Å². The summed E-state index contributed by atoms with van der Waals surface area (Å²) in [7, 11) is 0. The summed E-state index contributed by atoms with van der Waals surface area (Å²) in [4.78, 5) is 12.1. The summed E-state index contributed by atoms with van der Waals surface area (Å²) < 4.78 is 5.35. The van der Waals surface area contributed by atoms with Crippen LogP contribution in [0.1, 0.15) is 0 Å². The van der Waals surface area contributed by atoms with Crippen molar-refractivity contribution >= 4 is 11.0 Å². The molecular formula is C15H10Ac5O7. The Kier molecular flexibility index (Phi) is 20.5. The van der Waals surface area contributed by atoms with E-state index in [4.69, 9.17) is 4.42 Å². The van der Waals surface area contributed by atoms with E-state index in [1.54, 1.807) is 0 Å². The third-order valence-electron chi connectivity index (χ3n) is 3.17. The second-order valence-electron chi connectivity index (χ2n) is 4.65. The van der Waals surface area contributed by atoms with Crippen molar-refractivity contribution in [3.8, 4) is 40.1 Å². The molecule has 0 aliphatic heterocycles. The molecule has 0 fully saturated rings. The van der Waals surface area contributed by atoms with Crippen LogP contribution in [-0.2, 0) is 0 Å². The average molecular weight is 1440 g/mol. The number of fused-ring (bicyclic) bond motifs is 1. The molecule has 3 rings (SSSR count). The molecule has 0 spiro atoms. The Bertz CT molecular complexity index is 975. The molecule has 2 aromatic carbocycles. The minimum absolute atomic E-state index is 0. The van der Waals surface area contributed by atoms with E-state index in [2.05, 4.69) is 0 Å². The van der Waals surface area contributed by atoms with Crippen molar-refractivity contribution in [3.05, 3.63) is 40.6 Å². The Morgan fingerprint density at radius 1 is 0.704 bits per heavy atom. The second-order valence-corrected chi connectivity index (χ2v) is 4.65. The second kappa shape index (κ2) is 15.7. The summed E-state index contributed by atoms with van der Waals surface area (Å²) in [5.74, 6) is -2.71. The van der Waals surface area contributed by atoms with Crippen LogP contribution in [0, 0.1) is 220 Å². The van der Waals surface area contributed by atoms with Gasteiger partial charge >= 0.3 is 0 Å². The van der Waals surface area contributed by atoms with Crippen molar-refractivity contribution in [1.29, 1.82) is 0 Å². The third-order valence-corrected chi connectivity index (χ3v) is 3.17. The van der Waals surface area contributed by atoms with Gasteiger partial charge in [0.15, 0.2) is 17.3 Å². The fourth-order valence-corrected chi connectivity index (χ4v) is 2.14. The standard InChI is InChI=1S/C15H10O7.5Ac/c16-7-4-10(19)12-11(5-7)22-15(14(21)13(12)20)6-1-2-8(17)9(18)3-6;;;;;/h1-5,16-19,21H;;;;;. The molecular weight excluding hydrogens is 1430 g/mol. The normalized spacial score (nSPS) is 8.89. The van der Waals surface area contributed by atoms with Gasteiger partial charge in [-0.15, -0.1) is 0 Å². The van der Waals surface area contributed by atoms with Gasteiger partial charge in [-0.25, -0.2) is 0 Å². The number of aromatic hydroxyl groups is 5. The molecule has 0 bridgehead atoms. The molecule has 1 aromatic heterocycles. The maximum atomic E-state index is 12.1. The zero-order valence-electron chi connectivity index (χ0n) is 13.8. The van der Waals surface area contributed by atoms with Crippen LogP contribution in [-0.4, -0.2) is 25.5 Å². The fraction of sp³-hybridized carbons (Fsp3) is 0. The van der Waals surface area contributed by atoms with Crippen LogP contribution in [0.3, 0.4) is 0 Å². The number of phenols is 4. The summed E-state index contributed by atoms with van der Waals surface area (Å²) >= 11 is 0. The van der Waals surface area contributed by atoms with E-state index in [1.165, 1.54) is 6.07 Å². The summed E-state index contributed by atoms with van der Waals surface area (Å²) in [5, 5.41) is 47.6. The molecule has 0 unspecified atom stereocenters. The topological polar surface area (TPSA) is 131 Å². The van der Waals surface area contributed by atoms with Gasteiger partial charge in [0.25, 0.3) is 0 Å². The number of hydrogen-bond acceptors (Lipinski definition) is 7. The number of phenolic OH excluding ortho intramolecular Hbond substituents is 4. The third kappa shape index (κ3) is 8.29. The van der Waals surface area contributed by atoms with Gasteiger partial charge in [0, 0.05) is 238 Å². The quantitative estimate of drug-likeness (QED) is 0.236. The summed E-state index contributed by atoms with van der Waals surface area (Å²) in [5.41, 5.74) is -0.890. The monoisotopic (exact) mass is 1440 g/mol. The Hall–Kier alpha value is 3.86. The molecule has 1 heterocycles. The Morgan fingerprint density at radius 3 is 1.85 bits per heavy atom. The van der Waals surface area contributed by atoms with Crippen LogP contribution < -0.4 is 5.43 Å². The molecule has 5 N–H and O–H groups in total. The van der Waals surface area contributed by atoms with Crippen LogP contribution in [0.4, 0.5) is 0 Å². The van der Waals surface area contributed by atoms with Crippen molar-refractivity contribution < 1.29 is 250 Å². The molecule has 0 saturated heterocycles. The first-order valence-corrected chi connectivity index (χ1v) is 6.12. The molecule has 0 amide bonds. The minimum Gasteiger partial charge on any atom is -0.508 e. The molecule has 0 saturated carbocycles. The van der Waals surface area contributed by atoms with Crippen LogP contribution in [0.2, 0.25) is 0 Å². The number of rotatable bonds is 1. The van der Waals surface area contributed by atoms with Gasteiger partial charge in [-0.3, -0.25) is 4.79 Å². The molecule has 27 heavy (non-hydrogen) atoms. The van der Waals surface area contributed by atoms with Gasteiger partial charge in [-0.1, -0.05) is 0 Å². The molecule has 0 aliphatic rings. The Labute approximate surface area is 332 Å². The first-order valence-electron chi connectivity index (χ1n) is 6.12. The summed E-state index contributed by atoms with van der Waals surface area (Å²) in [6, 6.07) is 5.64. The molecule has 7 nitrogen and oxygen atoms in total. The van der Waals surface area contributed by atoms with Crippen molar-refractivity contribution in [2.45, 2.75) is 0 Å². The van der Waals surface area contributed by atoms with Crippen LogP contribution in [0.5, 0.6) is 28.7 Å². The zero-order valence-corrected chi connectivity index (χ0v) is 37.6. The van der Waals surface area contributed by atoms with Crippen molar-refractivity contribution in [2.24, 2.45) is 0 Å². The van der Waals surface area contributed by atoms with Gasteiger partial charge in [0.1, 0.15) is 22.5 Å². The van der Waals surface area contributed by atoms with Crippen LogP contribution >= 0.6 is 0 Å². The largest absolute Gasteiger partial charge is 0.508 e. The van der Waals surface area contributed by atoms with E-state index >= 15 is 0 Å². The van der Waals surface area contributed by atoms with E-state index in [-0.39, 0.29) is 254 Å². The molecule has 5 radical (unpaired) electrons.